The summed E-state index contributed by atoms with van der Waals surface area (Å²) in [7, 11) is 0. The first-order valence-electron chi connectivity index (χ1n) is 5.35. The molecule has 90 valence electrons. The Morgan fingerprint density at radius 3 is 2.35 bits per heavy atom. The van der Waals surface area contributed by atoms with E-state index in [2.05, 4.69) is 5.32 Å². The maximum Gasteiger partial charge on any atom is 0.306 e. The van der Waals surface area contributed by atoms with E-state index in [0.717, 1.165) is 0 Å². The standard InChI is InChI=1S/C12H12ClNO3/c13-9-3-1-7(2-4-9)11(15)14-10-5-8(6-10)12(16)17/h1-4,8,10H,5-6H2,(H,14,15)(H,16,17). The summed E-state index contributed by atoms with van der Waals surface area (Å²) in [6, 6.07) is 6.56. The normalized spacial score (nSPS) is 22.6. The van der Waals surface area contributed by atoms with Crippen molar-refractivity contribution >= 4 is 23.5 Å². The minimum atomic E-state index is -0.790. The van der Waals surface area contributed by atoms with Crippen LogP contribution in [0.4, 0.5) is 0 Å². The molecule has 4 nitrogen and oxygen atoms in total. The highest BCUT2D eigenvalue weighted by molar-refractivity contribution is 6.30. The van der Waals surface area contributed by atoms with Crippen LogP contribution in [0.5, 0.6) is 0 Å². The van der Waals surface area contributed by atoms with Gasteiger partial charge in [-0.3, -0.25) is 9.59 Å². The van der Waals surface area contributed by atoms with Crippen LogP contribution in [-0.2, 0) is 4.79 Å². The van der Waals surface area contributed by atoms with Gasteiger partial charge in [0, 0.05) is 16.6 Å². The minimum Gasteiger partial charge on any atom is -0.481 e. The molecule has 0 aliphatic heterocycles. The van der Waals surface area contributed by atoms with Gasteiger partial charge >= 0.3 is 5.97 Å². The summed E-state index contributed by atoms with van der Waals surface area (Å²) >= 11 is 5.72. The minimum absolute atomic E-state index is 0.0284. The lowest BCUT2D eigenvalue weighted by atomic mass is 9.80. The van der Waals surface area contributed by atoms with Gasteiger partial charge in [0.1, 0.15) is 0 Å². The Morgan fingerprint density at radius 1 is 1.24 bits per heavy atom. The third-order valence-corrected chi connectivity index (χ3v) is 3.18. The SMILES string of the molecule is O=C(NC1CC(C(=O)O)C1)c1ccc(Cl)cc1. The Bertz CT molecular complexity index is 438. The Labute approximate surface area is 104 Å². The molecular weight excluding hydrogens is 242 g/mol. The van der Waals surface area contributed by atoms with Crippen molar-refractivity contribution in [1.82, 2.24) is 5.32 Å². The van der Waals surface area contributed by atoms with E-state index in [1.54, 1.807) is 24.3 Å². The van der Waals surface area contributed by atoms with Crippen LogP contribution in [0.1, 0.15) is 23.2 Å². The predicted molar refractivity (Wildman–Crippen MR) is 63.1 cm³/mol. The highest BCUT2D eigenvalue weighted by atomic mass is 35.5. The van der Waals surface area contributed by atoms with Gasteiger partial charge in [0.25, 0.3) is 5.91 Å². The van der Waals surface area contributed by atoms with Gasteiger partial charge < -0.3 is 10.4 Å². The highest BCUT2D eigenvalue weighted by Gasteiger charge is 2.35. The van der Waals surface area contributed by atoms with E-state index in [1.807, 2.05) is 0 Å². The Morgan fingerprint density at radius 2 is 1.82 bits per heavy atom. The quantitative estimate of drug-likeness (QED) is 0.865. The fourth-order valence-corrected chi connectivity index (χ4v) is 1.93. The van der Waals surface area contributed by atoms with Crippen LogP contribution in [0.3, 0.4) is 0 Å². The van der Waals surface area contributed by atoms with Gasteiger partial charge in [0.15, 0.2) is 0 Å². The Balaban J connectivity index is 1.87. The van der Waals surface area contributed by atoms with Crippen molar-refractivity contribution in [2.75, 3.05) is 0 Å². The number of benzene rings is 1. The molecule has 1 aromatic carbocycles. The molecule has 0 saturated heterocycles. The molecule has 0 radical (unpaired) electrons. The first-order valence-corrected chi connectivity index (χ1v) is 5.73. The average Bonchev–Trinajstić information content (AvgIpc) is 2.23. The fourth-order valence-electron chi connectivity index (χ4n) is 1.81. The summed E-state index contributed by atoms with van der Waals surface area (Å²) < 4.78 is 0. The second kappa shape index (κ2) is 4.75. The van der Waals surface area contributed by atoms with Crippen LogP contribution < -0.4 is 5.32 Å². The number of carbonyl (C=O) groups excluding carboxylic acids is 1. The van der Waals surface area contributed by atoms with Crippen LogP contribution in [0.15, 0.2) is 24.3 Å². The van der Waals surface area contributed by atoms with Crippen molar-refractivity contribution in [3.8, 4) is 0 Å². The zero-order valence-electron chi connectivity index (χ0n) is 9.02. The number of amides is 1. The number of carbonyl (C=O) groups is 2. The molecule has 0 spiro atoms. The molecule has 1 aliphatic rings. The summed E-state index contributed by atoms with van der Waals surface area (Å²) in [6.07, 6.45) is 1.02. The Hall–Kier alpha value is -1.55. The number of aliphatic carboxylic acids is 1. The summed E-state index contributed by atoms with van der Waals surface area (Å²) in [5.74, 6) is -1.29. The zero-order valence-corrected chi connectivity index (χ0v) is 9.78. The van der Waals surface area contributed by atoms with Crippen LogP contribution in [0.25, 0.3) is 0 Å². The predicted octanol–water partition coefficient (Wildman–Crippen LogP) is 1.93. The molecule has 0 bridgehead atoms. The second-order valence-corrected chi connectivity index (χ2v) is 4.62. The largest absolute Gasteiger partial charge is 0.481 e. The maximum absolute atomic E-state index is 11.7. The molecule has 1 aliphatic carbocycles. The number of nitrogens with one attached hydrogen (secondary N) is 1. The molecule has 5 heteroatoms. The zero-order chi connectivity index (χ0) is 12.4. The second-order valence-electron chi connectivity index (χ2n) is 4.18. The first-order chi connectivity index (χ1) is 8.06. The maximum atomic E-state index is 11.7. The summed E-state index contributed by atoms with van der Waals surface area (Å²) in [6.45, 7) is 0. The summed E-state index contributed by atoms with van der Waals surface area (Å²) in [4.78, 5) is 22.3. The molecule has 2 rings (SSSR count). The van der Waals surface area contributed by atoms with Crippen molar-refractivity contribution < 1.29 is 14.7 Å². The lowest BCUT2D eigenvalue weighted by Crippen LogP contribution is -2.46. The van der Waals surface area contributed by atoms with Gasteiger partial charge in [-0.25, -0.2) is 0 Å². The van der Waals surface area contributed by atoms with E-state index >= 15 is 0 Å². The molecule has 1 aromatic rings. The molecular formula is C12H12ClNO3. The number of halogens is 1. The third-order valence-electron chi connectivity index (χ3n) is 2.93. The van der Waals surface area contributed by atoms with Crippen molar-refractivity contribution in [3.05, 3.63) is 34.9 Å². The molecule has 0 atom stereocenters. The monoisotopic (exact) mass is 253 g/mol. The van der Waals surface area contributed by atoms with Crippen molar-refractivity contribution in [3.63, 3.8) is 0 Å². The Kier molecular flexibility index (Phi) is 3.33. The molecule has 17 heavy (non-hydrogen) atoms. The van der Waals surface area contributed by atoms with Crippen LogP contribution in [0, 0.1) is 5.92 Å². The number of hydrogen-bond acceptors (Lipinski definition) is 2. The molecule has 1 fully saturated rings. The first kappa shape index (κ1) is 11.9. The van der Waals surface area contributed by atoms with Crippen LogP contribution in [-0.4, -0.2) is 23.0 Å². The van der Waals surface area contributed by atoms with Crippen molar-refractivity contribution in [2.45, 2.75) is 18.9 Å². The van der Waals surface area contributed by atoms with E-state index in [0.29, 0.717) is 23.4 Å². The van der Waals surface area contributed by atoms with E-state index in [9.17, 15) is 9.59 Å². The van der Waals surface area contributed by atoms with Gasteiger partial charge in [-0.2, -0.15) is 0 Å². The molecule has 0 unspecified atom stereocenters. The molecule has 1 saturated carbocycles. The van der Waals surface area contributed by atoms with Gasteiger partial charge in [0.05, 0.1) is 5.92 Å². The van der Waals surface area contributed by atoms with E-state index in [1.165, 1.54) is 0 Å². The number of carboxylic acids is 1. The van der Waals surface area contributed by atoms with Gasteiger partial charge in [0.2, 0.25) is 0 Å². The number of hydrogen-bond donors (Lipinski definition) is 2. The fraction of sp³-hybridized carbons (Fsp3) is 0.333. The van der Waals surface area contributed by atoms with Crippen LogP contribution >= 0.6 is 11.6 Å². The lowest BCUT2D eigenvalue weighted by Gasteiger charge is -2.32. The molecule has 0 heterocycles. The molecule has 0 aromatic heterocycles. The average molecular weight is 254 g/mol. The van der Waals surface area contributed by atoms with Crippen molar-refractivity contribution in [1.29, 1.82) is 0 Å². The van der Waals surface area contributed by atoms with E-state index in [4.69, 9.17) is 16.7 Å². The van der Waals surface area contributed by atoms with E-state index in [-0.39, 0.29) is 17.9 Å². The number of rotatable bonds is 3. The summed E-state index contributed by atoms with van der Waals surface area (Å²) in [5, 5.41) is 12.1. The smallest absolute Gasteiger partial charge is 0.306 e. The topological polar surface area (TPSA) is 66.4 Å². The number of carboxylic acid groups (broad SMARTS) is 1. The van der Waals surface area contributed by atoms with Gasteiger partial charge in [-0.1, -0.05) is 11.6 Å². The third kappa shape index (κ3) is 2.77. The van der Waals surface area contributed by atoms with E-state index < -0.39 is 5.97 Å². The lowest BCUT2D eigenvalue weighted by molar-refractivity contribution is -0.145. The van der Waals surface area contributed by atoms with Gasteiger partial charge in [-0.15, -0.1) is 0 Å². The van der Waals surface area contributed by atoms with Crippen LogP contribution in [0.2, 0.25) is 5.02 Å². The molecule has 1 amide bonds. The highest BCUT2D eigenvalue weighted by Crippen LogP contribution is 2.27. The molecule has 2 N–H and O–H groups in total. The summed E-state index contributed by atoms with van der Waals surface area (Å²) in [5.41, 5.74) is 0.535. The van der Waals surface area contributed by atoms with Crippen molar-refractivity contribution in [2.24, 2.45) is 5.92 Å². The van der Waals surface area contributed by atoms with Gasteiger partial charge in [-0.05, 0) is 37.1 Å².